The second kappa shape index (κ2) is 7.53. The molecule has 2 unspecified atom stereocenters. The first-order valence-corrected chi connectivity index (χ1v) is 8.29. The van der Waals surface area contributed by atoms with Gasteiger partial charge >= 0.3 is 0 Å². The number of nitrogens with zero attached hydrogens (tertiary/aromatic N) is 1. The highest BCUT2D eigenvalue weighted by molar-refractivity contribution is 9.10. The number of likely N-dealkylation sites (tertiary alicyclic amines) is 1. The molecule has 1 aromatic carbocycles. The molecule has 1 aliphatic rings. The molecule has 0 aliphatic carbocycles. The molecule has 2 atom stereocenters. The SMILES string of the molecule is CCN1CCCC(C(C)NCc2cc(F)ccc2Br)C1. The molecule has 4 heteroatoms. The van der Waals surface area contributed by atoms with Gasteiger partial charge in [-0.1, -0.05) is 22.9 Å². The van der Waals surface area contributed by atoms with E-state index in [-0.39, 0.29) is 5.82 Å². The lowest BCUT2D eigenvalue weighted by molar-refractivity contribution is 0.157. The number of halogens is 2. The summed E-state index contributed by atoms with van der Waals surface area (Å²) < 4.78 is 14.2. The highest BCUT2D eigenvalue weighted by atomic mass is 79.9. The lowest BCUT2D eigenvalue weighted by Crippen LogP contribution is -2.44. The van der Waals surface area contributed by atoms with E-state index >= 15 is 0 Å². The smallest absolute Gasteiger partial charge is 0.123 e. The van der Waals surface area contributed by atoms with Crippen LogP contribution in [-0.4, -0.2) is 30.6 Å². The van der Waals surface area contributed by atoms with Crippen molar-refractivity contribution in [2.75, 3.05) is 19.6 Å². The van der Waals surface area contributed by atoms with Gasteiger partial charge in [-0.15, -0.1) is 0 Å². The molecule has 2 rings (SSSR count). The molecule has 20 heavy (non-hydrogen) atoms. The van der Waals surface area contributed by atoms with E-state index in [1.807, 2.05) is 0 Å². The molecule has 1 aliphatic heterocycles. The Morgan fingerprint density at radius 2 is 2.30 bits per heavy atom. The van der Waals surface area contributed by atoms with Gasteiger partial charge in [-0.2, -0.15) is 0 Å². The summed E-state index contributed by atoms with van der Waals surface area (Å²) in [5.41, 5.74) is 0.986. The van der Waals surface area contributed by atoms with E-state index in [4.69, 9.17) is 0 Å². The summed E-state index contributed by atoms with van der Waals surface area (Å²) >= 11 is 3.48. The fourth-order valence-electron chi connectivity index (χ4n) is 2.90. The van der Waals surface area contributed by atoms with Crippen LogP contribution in [0.25, 0.3) is 0 Å². The molecule has 0 amide bonds. The number of hydrogen-bond donors (Lipinski definition) is 1. The second-order valence-corrected chi connectivity index (χ2v) is 6.56. The standard InChI is InChI=1S/C16H24BrFN2/c1-3-20-8-4-5-13(11-20)12(2)19-10-14-9-15(18)6-7-16(14)17/h6-7,9,12-13,19H,3-5,8,10-11H2,1-2H3. The Morgan fingerprint density at radius 3 is 3.05 bits per heavy atom. The van der Waals surface area contributed by atoms with Crippen LogP contribution < -0.4 is 5.32 Å². The minimum absolute atomic E-state index is 0.174. The summed E-state index contributed by atoms with van der Waals surface area (Å²) in [6.07, 6.45) is 2.57. The van der Waals surface area contributed by atoms with E-state index < -0.39 is 0 Å². The van der Waals surface area contributed by atoms with Crippen molar-refractivity contribution >= 4 is 15.9 Å². The normalized spacial score (nSPS) is 21.9. The van der Waals surface area contributed by atoms with Gasteiger partial charge in [-0.25, -0.2) is 4.39 Å². The van der Waals surface area contributed by atoms with Crippen LogP contribution in [0.4, 0.5) is 4.39 Å². The quantitative estimate of drug-likeness (QED) is 0.875. The molecular weight excluding hydrogens is 319 g/mol. The Bertz CT molecular complexity index is 438. The molecular formula is C16H24BrFN2. The number of nitrogens with one attached hydrogen (secondary N) is 1. The van der Waals surface area contributed by atoms with Crippen molar-refractivity contribution in [2.45, 2.75) is 39.3 Å². The summed E-state index contributed by atoms with van der Waals surface area (Å²) in [7, 11) is 0. The van der Waals surface area contributed by atoms with Gasteiger partial charge < -0.3 is 10.2 Å². The van der Waals surface area contributed by atoms with Crippen LogP contribution in [0, 0.1) is 11.7 Å². The van der Waals surface area contributed by atoms with Crippen LogP contribution in [0.15, 0.2) is 22.7 Å². The summed E-state index contributed by atoms with van der Waals surface area (Å²) in [5, 5.41) is 3.56. The Balaban J connectivity index is 1.88. The molecule has 1 heterocycles. The average molecular weight is 343 g/mol. The molecule has 0 bridgehead atoms. The first kappa shape index (κ1) is 15.9. The number of piperidine rings is 1. The fraction of sp³-hybridized carbons (Fsp3) is 0.625. The van der Waals surface area contributed by atoms with Crippen molar-refractivity contribution in [3.63, 3.8) is 0 Å². The maximum absolute atomic E-state index is 13.3. The fourth-order valence-corrected chi connectivity index (χ4v) is 3.29. The minimum atomic E-state index is -0.174. The average Bonchev–Trinajstić information content (AvgIpc) is 2.48. The van der Waals surface area contributed by atoms with Crippen LogP contribution in [0.1, 0.15) is 32.3 Å². The van der Waals surface area contributed by atoms with E-state index in [0.29, 0.717) is 18.5 Å². The maximum Gasteiger partial charge on any atom is 0.123 e. The van der Waals surface area contributed by atoms with Crippen molar-refractivity contribution in [1.82, 2.24) is 10.2 Å². The molecule has 1 N–H and O–H groups in total. The van der Waals surface area contributed by atoms with Crippen molar-refractivity contribution in [2.24, 2.45) is 5.92 Å². The van der Waals surface area contributed by atoms with Gasteiger partial charge in [-0.05, 0) is 62.5 Å². The molecule has 0 aromatic heterocycles. The van der Waals surface area contributed by atoms with E-state index in [9.17, 15) is 4.39 Å². The predicted octanol–water partition coefficient (Wildman–Crippen LogP) is 3.80. The largest absolute Gasteiger partial charge is 0.310 e. The topological polar surface area (TPSA) is 15.3 Å². The number of rotatable bonds is 5. The molecule has 112 valence electrons. The van der Waals surface area contributed by atoms with Gasteiger partial charge in [0.1, 0.15) is 5.82 Å². The first-order valence-electron chi connectivity index (χ1n) is 7.49. The molecule has 1 aromatic rings. The Kier molecular flexibility index (Phi) is 6.00. The maximum atomic E-state index is 13.3. The Hall–Kier alpha value is -0.450. The van der Waals surface area contributed by atoms with Gasteiger partial charge in [0.05, 0.1) is 0 Å². The summed E-state index contributed by atoms with van der Waals surface area (Å²) in [6, 6.07) is 5.32. The van der Waals surface area contributed by atoms with Crippen molar-refractivity contribution < 1.29 is 4.39 Å². The highest BCUT2D eigenvalue weighted by Crippen LogP contribution is 2.21. The summed E-state index contributed by atoms with van der Waals surface area (Å²) in [6.45, 7) is 8.73. The van der Waals surface area contributed by atoms with Crippen LogP contribution >= 0.6 is 15.9 Å². The lowest BCUT2D eigenvalue weighted by Gasteiger charge is -2.35. The Labute approximate surface area is 129 Å². The summed E-state index contributed by atoms with van der Waals surface area (Å²) in [5.74, 6) is 0.517. The van der Waals surface area contributed by atoms with E-state index in [1.54, 1.807) is 12.1 Å². The minimum Gasteiger partial charge on any atom is -0.310 e. The zero-order chi connectivity index (χ0) is 14.5. The number of hydrogen-bond acceptors (Lipinski definition) is 2. The van der Waals surface area contributed by atoms with Crippen LogP contribution in [0.5, 0.6) is 0 Å². The number of benzene rings is 1. The molecule has 0 saturated carbocycles. The van der Waals surface area contributed by atoms with E-state index in [0.717, 1.165) is 16.6 Å². The first-order chi connectivity index (χ1) is 9.60. The van der Waals surface area contributed by atoms with Crippen LogP contribution in [-0.2, 0) is 6.54 Å². The molecule has 1 fully saturated rings. The monoisotopic (exact) mass is 342 g/mol. The molecule has 0 radical (unpaired) electrons. The van der Waals surface area contributed by atoms with Gasteiger partial charge in [-0.3, -0.25) is 0 Å². The zero-order valence-electron chi connectivity index (χ0n) is 12.3. The third-order valence-corrected chi connectivity index (χ3v) is 5.09. The van der Waals surface area contributed by atoms with Crippen molar-refractivity contribution in [1.29, 1.82) is 0 Å². The predicted molar refractivity (Wildman–Crippen MR) is 85.2 cm³/mol. The van der Waals surface area contributed by atoms with Crippen molar-refractivity contribution in [3.05, 3.63) is 34.1 Å². The van der Waals surface area contributed by atoms with Gasteiger partial charge in [0.2, 0.25) is 0 Å². The van der Waals surface area contributed by atoms with Gasteiger partial charge in [0.15, 0.2) is 0 Å². The van der Waals surface area contributed by atoms with E-state index in [2.05, 4.69) is 40.0 Å². The lowest BCUT2D eigenvalue weighted by atomic mass is 9.91. The van der Waals surface area contributed by atoms with Gasteiger partial charge in [0.25, 0.3) is 0 Å². The highest BCUT2D eigenvalue weighted by Gasteiger charge is 2.23. The molecule has 2 nitrogen and oxygen atoms in total. The van der Waals surface area contributed by atoms with Crippen LogP contribution in [0.3, 0.4) is 0 Å². The van der Waals surface area contributed by atoms with Crippen molar-refractivity contribution in [3.8, 4) is 0 Å². The Morgan fingerprint density at radius 1 is 1.50 bits per heavy atom. The summed E-state index contributed by atoms with van der Waals surface area (Å²) in [4.78, 5) is 2.52. The van der Waals surface area contributed by atoms with E-state index in [1.165, 1.54) is 32.0 Å². The van der Waals surface area contributed by atoms with Gasteiger partial charge in [0, 0.05) is 23.6 Å². The molecule has 1 saturated heterocycles. The molecule has 0 spiro atoms. The third-order valence-electron chi connectivity index (χ3n) is 4.32. The third kappa shape index (κ3) is 4.27. The van der Waals surface area contributed by atoms with Crippen LogP contribution in [0.2, 0.25) is 0 Å². The zero-order valence-corrected chi connectivity index (χ0v) is 13.9. The second-order valence-electron chi connectivity index (χ2n) is 5.70.